The van der Waals surface area contributed by atoms with Crippen LogP contribution in [0.5, 0.6) is 0 Å². The Morgan fingerprint density at radius 3 is 2.55 bits per heavy atom. The predicted octanol–water partition coefficient (Wildman–Crippen LogP) is 4.70. The van der Waals surface area contributed by atoms with Crippen LogP contribution in [0.2, 0.25) is 0 Å². The van der Waals surface area contributed by atoms with Crippen LogP contribution in [0.15, 0.2) is 24.3 Å². The second kappa shape index (κ2) is 5.71. The van der Waals surface area contributed by atoms with Crippen LogP contribution >= 0.6 is 11.3 Å². The molecule has 106 valence electrons. The molecule has 1 nitrogen and oxygen atoms in total. The molecule has 0 radical (unpaired) electrons. The van der Waals surface area contributed by atoms with E-state index in [1.165, 1.54) is 40.8 Å². The van der Waals surface area contributed by atoms with E-state index in [-0.39, 0.29) is 0 Å². The Hall–Kier alpha value is -1.12. The molecule has 0 aliphatic heterocycles. The zero-order chi connectivity index (χ0) is 14.1. The Labute approximate surface area is 126 Å². The Morgan fingerprint density at radius 1 is 1.10 bits per heavy atom. The minimum absolute atomic E-state index is 0.408. The van der Waals surface area contributed by atoms with Crippen molar-refractivity contribution in [2.24, 2.45) is 0 Å². The maximum absolute atomic E-state index is 3.67. The molecule has 0 fully saturated rings. The molecule has 0 bridgehead atoms. The lowest BCUT2D eigenvalue weighted by atomic mass is 10.0. The average Bonchev–Trinajstić information content (AvgIpc) is 2.95. The number of hydrogen-bond acceptors (Lipinski definition) is 2. The molecule has 1 aliphatic carbocycles. The van der Waals surface area contributed by atoms with E-state index in [1.807, 2.05) is 11.3 Å². The lowest BCUT2D eigenvalue weighted by Gasteiger charge is -2.15. The summed E-state index contributed by atoms with van der Waals surface area (Å²) in [5.74, 6) is 0. The van der Waals surface area contributed by atoms with Crippen molar-refractivity contribution in [3.05, 3.63) is 56.3 Å². The smallest absolute Gasteiger partial charge is 0.0305 e. The molecule has 1 aromatic carbocycles. The molecule has 1 aromatic heterocycles. The Kier molecular flexibility index (Phi) is 3.95. The van der Waals surface area contributed by atoms with Crippen molar-refractivity contribution in [3.63, 3.8) is 0 Å². The predicted molar refractivity (Wildman–Crippen MR) is 87.5 cm³/mol. The van der Waals surface area contributed by atoms with Gasteiger partial charge in [-0.05, 0) is 57.2 Å². The summed E-state index contributed by atoms with van der Waals surface area (Å²) in [5.41, 5.74) is 5.70. The molecule has 2 heteroatoms. The van der Waals surface area contributed by atoms with Crippen LogP contribution < -0.4 is 5.32 Å². The highest BCUT2D eigenvalue weighted by Crippen LogP contribution is 2.30. The van der Waals surface area contributed by atoms with Crippen LogP contribution in [0.3, 0.4) is 0 Å². The third-order valence-electron chi connectivity index (χ3n) is 4.12. The second-order valence-corrected chi connectivity index (χ2v) is 7.26. The number of fused-ring (bicyclic) bond motifs is 1. The van der Waals surface area contributed by atoms with Gasteiger partial charge in [0.2, 0.25) is 0 Å². The monoisotopic (exact) mass is 285 g/mol. The standard InChI is InChI=1S/C18H23NS/c1-12-7-13(2)9-16(8-12)14(3)19-11-17-10-15-5-4-6-18(15)20-17/h7-10,14,19H,4-6,11H2,1-3H3. The van der Waals surface area contributed by atoms with Crippen LogP contribution in [-0.2, 0) is 19.4 Å². The van der Waals surface area contributed by atoms with Gasteiger partial charge >= 0.3 is 0 Å². The van der Waals surface area contributed by atoms with Crippen LogP contribution in [0.25, 0.3) is 0 Å². The highest BCUT2D eigenvalue weighted by atomic mass is 32.1. The van der Waals surface area contributed by atoms with E-state index in [9.17, 15) is 0 Å². The molecule has 20 heavy (non-hydrogen) atoms. The minimum atomic E-state index is 0.408. The van der Waals surface area contributed by atoms with Crippen LogP contribution in [-0.4, -0.2) is 0 Å². The second-order valence-electron chi connectivity index (χ2n) is 6.04. The molecule has 0 spiro atoms. The molecule has 1 heterocycles. The first kappa shape index (κ1) is 13.8. The zero-order valence-electron chi connectivity index (χ0n) is 12.6. The average molecular weight is 285 g/mol. The summed E-state index contributed by atoms with van der Waals surface area (Å²) in [4.78, 5) is 3.12. The van der Waals surface area contributed by atoms with Gasteiger partial charge in [0, 0.05) is 22.3 Å². The van der Waals surface area contributed by atoms with E-state index < -0.39 is 0 Å². The molecule has 0 amide bonds. The minimum Gasteiger partial charge on any atom is -0.305 e. The number of hydrogen-bond donors (Lipinski definition) is 1. The van der Waals surface area contributed by atoms with Gasteiger partial charge in [0.05, 0.1) is 0 Å². The number of nitrogens with one attached hydrogen (secondary N) is 1. The van der Waals surface area contributed by atoms with Crippen LogP contribution in [0.1, 0.15) is 51.4 Å². The summed E-state index contributed by atoms with van der Waals surface area (Å²) < 4.78 is 0. The van der Waals surface area contributed by atoms with E-state index in [4.69, 9.17) is 0 Å². The Bertz CT molecular complexity index is 570. The summed E-state index contributed by atoms with van der Waals surface area (Å²) >= 11 is 2.00. The molecule has 1 N–H and O–H groups in total. The van der Waals surface area contributed by atoms with Gasteiger partial charge < -0.3 is 5.32 Å². The summed E-state index contributed by atoms with van der Waals surface area (Å²) in [6.07, 6.45) is 3.94. The molecule has 0 saturated carbocycles. The largest absolute Gasteiger partial charge is 0.305 e. The number of rotatable bonds is 4. The first-order valence-electron chi connectivity index (χ1n) is 7.54. The maximum Gasteiger partial charge on any atom is 0.0305 e. The van der Waals surface area contributed by atoms with E-state index in [1.54, 1.807) is 10.4 Å². The van der Waals surface area contributed by atoms with Crippen molar-refractivity contribution < 1.29 is 0 Å². The van der Waals surface area contributed by atoms with Crippen molar-refractivity contribution in [3.8, 4) is 0 Å². The van der Waals surface area contributed by atoms with E-state index in [0.29, 0.717) is 6.04 Å². The van der Waals surface area contributed by atoms with Gasteiger partial charge in [-0.2, -0.15) is 0 Å². The number of thiophene rings is 1. The molecule has 1 atom stereocenters. The van der Waals surface area contributed by atoms with Gasteiger partial charge in [0.1, 0.15) is 0 Å². The SMILES string of the molecule is Cc1cc(C)cc(C(C)NCc2cc3c(s2)CCC3)c1. The molecule has 1 unspecified atom stereocenters. The Balaban J connectivity index is 1.65. The van der Waals surface area contributed by atoms with Gasteiger partial charge in [-0.3, -0.25) is 0 Å². The molecular weight excluding hydrogens is 262 g/mol. The topological polar surface area (TPSA) is 12.0 Å². The molecule has 1 aliphatic rings. The summed E-state index contributed by atoms with van der Waals surface area (Å²) in [5, 5.41) is 3.67. The van der Waals surface area contributed by atoms with Crippen LogP contribution in [0, 0.1) is 13.8 Å². The maximum atomic E-state index is 3.67. The Morgan fingerprint density at radius 2 is 1.85 bits per heavy atom. The van der Waals surface area contributed by atoms with Gasteiger partial charge in [0.15, 0.2) is 0 Å². The lowest BCUT2D eigenvalue weighted by molar-refractivity contribution is 0.578. The highest BCUT2D eigenvalue weighted by molar-refractivity contribution is 7.12. The van der Waals surface area contributed by atoms with Crippen molar-refractivity contribution in [2.75, 3.05) is 0 Å². The van der Waals surface area contributed by atoms with Crippen LogP contribution in [0.4, 0.5) is 0 Å². The van der Waals surface area contributed by atoms with E-state index in [2.05, 4.69) is 50.4 Å². The van der Waals surface area contributed by atoms with Crippen molar-refractivity contribution in [1.29, 1.82) is 0 Å². The van der Waals surface area contributed by atoms with E-state index >= 15 is 0 Å². The third-order valence-corrected chi connectivity index (χ3v) is 5.36. The third kappa shape index (κ3) is 2.97. The molecule has 0 saturated heterocycles. The van der Waals surface area contributed by atoms with Gasteiger partial charge in [-0.1, -0.05) is 29.3 Å². The fourth-order valence-corrected chi connectivity index (χ4v) is 4.32. The molecular formula is C18H23NS. The summed E-state index contributed by atoms with van der Waals surface area (Å²) in [6.45, 7) is 7.60. The van der Waals surface area contributed by atoms with Gasteiger partial charge in [-0.25, -0.2) is 0 Å². The summed E-state index contributed by atoms with van der Waals surface area (Å²) in [6, 6.07) is 9.64. The number of benzene rings is 1. The van der Waals surface area contributed by atoms with Crippen molar-refractivity contribution in [1.82, 2.24) is 5.32 Å². The first-order valence-corrected chi connectivity index (χ1v) is 8.35. The molecule has 2 aromatic rings. The quantitative estimate of drug-likeness (QED) is 0.858. The zero-order valence-corrected chi connectivity index (χ0v) is 13.4. The number of aryl methyl sites for hydroxylation is 4. The van der Waals surface area contributed by atoms with Crippen molar-refractivity contribution in [2.45, 2.75) is 52.6 Å². The fourth-order valence-electron chi connectivity index (χ4n) is 3.11. The highest BCUT2D eigenvalue weighted by Gasteiger charge is 2.15. The molecule has 3 rings (SSSR count). The van der Waals surface area contributed by atoms with E-state index in [0.717, 1.165) is 6.54 Å². The van der Waals surface area contributed by atoms with Crippen molar-refractivity contribution >= 4 is 11.3 Å². The normalized spacial score (nSPS) is 15.3. The lowest BCUT2D eigenvalue weighted by Crippen LogP contribution is -2.17. The van der Waals surface area contributed by atoms with Gasteiger partial charge in [-0.15, -0.1) is 11.3 Å². The summed E-state index contributed by atoms with van der Waals surface area (Å²) in [7, 11) is 0. The van der Waals surface area contributed by atoms with Gasteiger partial charge in [0.25, 0.3) is 0 Å². The first-order chi connectivity index (χ1) is 9.61. The fraction of sp³-hybridized carbons (Fsp3) is 0.444.